The van der Waals surface area contributed by atoms with Crippen LogP contribution in [-0.4, -0.2) is 33.7 Å². The maximum atomic E-state index is 5.28. The summed E-state index contributed by atoms with van der Waals surface area (Å²) in [6.07, 6.45) is 0.879. The number of hydrogen-bond donors (Lipinski definition) is 0. The fourth-order valence-electron chi connectivity index (χ4n) is 1.53. The van der Waals surface area contributed by atoms with Crippen LogP contribution in [0.2, 0.25) is 0 Å². The van der Waals surface area contributed by atoms with Crippen LogP contribution in [0.5, 0.6) is 0 Å². The molecule has 3 heteroatoms. The number of methoxy groups -OCH3 is 2. The van der Waals surface area contributed by atoms with Gasteiger partial charge in [0.25, 0.3) is 0 Å². The quantitative estimate of drug-likeness (QED) is 0.577. The lowest BCUT2D eigenvalue weighted by Gasteiger charge is -2.29. The summed E-state index contributed by atoms with van der Waals surface area (Å²) in [5, 5.41) is 0. The minimum atomic E-state index is -0.134. The van der Waals surface area contributed by atoms with Crippen LogP contribution in [0.1, 0.15) is 13.3 Å². The summed E-state index contributed by atoms with van der Waals surface area (Å²) in [7, 11) is 3.33. The van der Waals surface area contributed by atoms with E-state index in [9.17, 15) is 0 Å². The molecule has 0 saturated carbocycles. The van der Waals surface area contributed by atoms with Gasteiger partial charge in [-0.3, -0.25) is 0 Å². The lowest BCUT2D eigenvalue weighted by molar-refractivity contribution is -0.172. The molecule has 11 heavy (non-hydrogen) atoms. The molecule has 0 aliphatic carbocycles. The highest BCUT2D eigenvalue weighted by atomic mass is 16.7. The Morgan fingerprint density at radius 1 is 1.36 bits per heavy atom. The van der Waals surface area contributed by atoms with Gasteiger partial charge >= 0.3 is 0 Å². The first-order chi connectivity index (χ1) is 5.23. The number of rotatable bonds is 3. The van der Waals surface area contributed by atoms with Crippen LogP contribution in [-0.2, 0) is 14.2 Å². The molecule has 1 aliphatic heterocycles. The molecule has 1 atom stereocenters. The minimum absolute atomic E-state index is 0.0451. The van der Waals surface area contributed by atoms with Crippen molar-refractivity contribution in [2.45, 2.75) is 19.6 Å². The van der Waals surface area contributed by atoms with Gasteiger partial charge in [0.15, 0.2) is 6.29 Å². The van der Waals surface area contributed by atoms with Gasteiger partial charge < -0.3 is 14.2 Å². The topological polar surface area (TPSA) is 27.7 Å². The molecule has 1 saturated heterocycles. The Morgan fingerprint density at radius 2 is 2.00 bits per heavy atom. The van der Waals surface area contributed by atoms with Gasteiger partial charge in [-0.2, -0.15) is 0 Å². The van der Waals surface area contributed by atoms with E-state index in [2.05, 4.69) is 6.92 Å². The summed E-state index contributed by atoms with van der Waals surface area (Å²) in [4.78, 5) is 0. The fourth-order valence-corrected chi connectivity index (χ4v) is 1.53. The van der Waals surface area contributed by atoms with E-state index in [-0.39, 0.29) is 11.7 Å². The van der Waals surface area contributed by atoms with E-state index < -0.39 is 0 Å². The van der Waals surface area contributed by atoms with Crippen molar-refractivity contribution in [3.8, 4) is 0 Å². The monoisotopic (exact) mass is 160 g/mol. The second kappa shape index (κ2) is 3.52. The number of ether oxygens (including phenoxy) is 3. The van der Waals surface area contributed by atoms with Crippen LogP contribution in [0.15, 0.2) is 0 Å². The molecule has 0 radical (unpaired) electrons. The Morgan fingerprint density at radius 3 is 2.36 bits per heavy atom. The zero-order valence-electron chi connectivity index (χ0n) is 7.42. The van der Waals surface area contributed by atoms with Gasteiger partial charge in [0.05, 0.1) is 6.61 Å². The lowest BCUT2D eigenvalue weighted by Crippen LogP contribution is -2.35. The van der Waals surface area contributed by atoms with E-state index >= 15 is 0 Å². The van der Waals surface area contributed by atoms with Gasteiger partial charge in [0, 0.05) is 26.2 Å². The molecule has 1 unspecified atom stereocenters. The Labute approximate surface area is 67.6 Å². The second-order valence-corrected chi connectivity index (χ2v) is 3.26. The minimum Gasteiger partial charge on any atom is -0.381 e. The number of hydrogen-bond acceptors (Lipinski definition) is 3. The molecule has 66 valence electrons. The largest absolute Gasteiger partial charge is 0.381 e. The highest BCUT2D eigenvalue weighted by Crippen LogP contribution is 2.33. The van der Waals surface area contributed by atoms with E-state index in [1.54, 1.807) is 14.2 Å². The second-order valence-electron chi connectivity index (χ2n) is 3.26. The summed E-state index contributed by atoms with van der Waals surface area (Å²) in [5.41, 5.74) is 0.0451. The molecule has 0 amide bonds. The van der Waals surface area contributed by atoms with Crippen molar-refractivity contribution in [1.29, 1.82) is 0 Å². The molecular formula is C8H16O3. The maximum Gasteiger partial charge on any atom is 0.164 e. The van der Waals surface area contributed by atoms with E-state index in [0.29, 0.717) is 0 Å². The lowest BCUT2D eigenvalue weighted by atomic mass is 9.89. The average Bonchev–Trinajstić information content (AvgIpc) is 2.39. The maximum absolute atomic E-state index is 5.28. The SMILES string of the molecule is COC(OC)C1(C)CCOC1. The molecule has 0 bridgehead atoms. The van der Waals surface area contributed by atoms with Crippen LogP contribution in [0.4, 0.5) is 0 Å². The first kappa shape index (κ1) is 8.97. The van der Waals surface area contributed by atoms with E-state index in [1.165, 1.54) is 0 Å². The summed E-state index contributed by atoms with van der Waals surface area (Å²) in [5.74, 6) is 0. The molecule has 3 nitrogen and oxygen atoms in total. The molecule has 1 rings (SSSR count). The van der Waals surface area contributed by atoms with Gasteiger partial charge in [-0.15, -0.1) is 0 Å². The molecule has 1 fully saturated rings. The van der Waals surface area contributed by atoms with Crippen LogP contribution in [0.25, 0.3) is 0 Å². The van der Waals surface area contributed by atoms with Gasteiger partial charge in [-0.25, -0.2) is 0 Å². The van der Waals surface area contributed by atoms with Crippen LogP contribution in [0.3, 0.4) is 0 Å². The molecule has 0 spiro atoms. The average molecular weight is 160 g/mol. The molecule has 0 aromatic carbocycles. The predicted molar refractivity (Wildman–Crippen MR) is 41.3 cm³/mol. The summed E-state index contributed by atoms with van der Waals surface area (Å²) >= 11 is 0. The Bertz CT molecular complexity index is 115. The molecule has 1 heterocycles. The molecule has 0 aromatic rings. The summed E-state index contributed by atoms with van der Waals surface area (Å²) in [6.45, 7) is 3.68. The van der Waals surface area contributed by atoms with Crippen LogP contribution < -0.4 is 0 Å². The third-order valence-corrected chi connectivity index (χ3v) is 2.25. The first-order valence-electron chi connectivity index (χ1n) is 3.86. The van der Waals surface area contributed by atoms with Gasteiger partial charge in [-0.1, -0.05) is 6.92 Å². The van der Waals surface area contributed by atoms with Crippen molar-refractivity contribution in [3.05, 3.63) is 0 Å². The summed E-state index contributed by atoms with van der Waals surface area (Å²) < 4.78 is 15.7. The van der Waals surface area contributed by atoms with Crippen molar-refractivity contribution in [2.75, 3.05) is 27.4 Å². The zero-order chi connectivity index (χ0) is 8.32. The third-order valence-electron chi connectivity index (χ3n) is 2.25. The first-order valence-corrected chi connectivity index (χ1v) is 3.86. The van der Waals surface area contributed by atoms with Crippen molar-refractivity contribution in [3.63, 3.8) is 0 Å². The van der Waals surface area contributed by atoms with Crippen LogP contribution in [0, 0.1) is 5.41 Å². The molecule has 0 N–H and O–H groups in total. The van der Waals surface area contributed by atoms with Crippen molar-refractivity contribution < 1.29 is 14.2 Å². The van der Waals surface area contributed by atoms with E-state index in [4.69, 9.17) is 14.2 Å². The van der Waals surface area contributed by atoms with E-state index in [1.807, 2.05) is 0 Å². The third kappa shape index (κ3) is 1.72. The standard InChI is InChI=1S/C8H16O3/c1-8(4-5-11-6-8)7(9-2)10-3/h7H,4-6H2,1-3H3. The van der Waals surface area contributed by atoms with Gasteiger partial charge in [0.2, 0.25) is 0 Å². The predicted octanol–water partition coefficient (Wildman–Crippen LogP) is 1.03. The molecular weight excluding hydrogens is 144 g/mol. The van der Waals surface area contributed by atoms with Crippen LogP contribution >= 0.6 is 0 Å². The molecule has 0 aromatic heterocycles. The highest BCUT2D eigenvalue weighted by molar-refractivity contribution is 4.81. The van der Waals surface area contributed by atoms with Gasteiger partial charge in [-0.05, 0) is 6.42 Å². The Hall–Kier alpha value is -0.120. The van der Waals surface area contributed by atoms with Gasteiger partial charge in [0.1, 0.15) is 0 Å². The normalized spacial score (nSPS) is 31.6. The van der Waals surface area contributed by atoms with E-state index in [0.717, 1.165) is 19.6 Å². The van der Waals surface area contributed by atoms with Crippen molar-refractivity contribution in [1.82, 2.24) is 0 Å². The highest BCUT2D eigenvalue weighted by Gasteiger charge is 2.38. The fraction of sp³-hybridized carbons (Fsp3) is 1.00. The Balaban J connectivity index is 2.53. The molecule has 1 aliphatic rings. The smallest absolute Gasteiger partial charge is 0.164 e. The Kier molecular flexibility index (Phi) is 2.87. The van der Waals surface area contributed by atoms with Crippen molar-refractivity contribution in [2.24, 2.45) is 5.41 Å². The zero-order valence-corrected chi connectivity index (χ0v) is 7.42. The van der Waals surface area contributed by atoms with Crippen molar-refractivity contribution >= 4 is 0 Å². The summed E-state index contributed by atoms with van der Waals surface area (Å²) in [6, 6.07) is 0.